The number of benzene rings is 3. The van der Waals surface area contributed by atoms with E-state index in [-0.39, 0.29) is 12.5 Å². The summed E-state index contributed by atoms with van der Waals surface area (Å²) in [5.41, 5.74) is 3.26. The second-order valence-corrected chi connectivity index (χ2v) is 11.0. The van der Waals surface area contributed by atoms with Gasteiger partial charge in [-0.15, -0.1) is 0 Å². The summed E-state index contributed by atoms with van der Waals surface area (Å²) in [6, 6.07) is 23.2. The van der Waals surface area contributed by atoms with Crippen LogP contribution >= 0.6 is 0 Å². The molecule has 3 aromatic rings. The van der Waals surface area contributed by atoms with Crippen LogP contribution in [-0.4, -0.2) is 51.0 Å². The van der Waals surface area contributed by atoms with Crippen molar-refractivity contribution in [1.82, 2.24) is 10.2 Å². The van der Waals surface area contributed by atoms with E-state index in [0.717, 1.165) is 27.3 Å². The van der Waals surface area contributed by atoms with E-state index in [1.165, 1.54) is 11.9 Å². The van der Waals surface area contributed by atoms with E-state index >= 15 is 0 Å². The number of hydrogen-bond acceptors (Lipinski definition) is 5. The Balaban J connectivity index is 1.83. The Bertz CT molecular complexity index is 1310. The fraction of sp³-hybridized carbons (Fsp3) is 0.310. The van der Waals surface area contributed by atoms with Gasteiger partial charge < -0.3 is 15.0 Å². The van der Waals surface area contributed by atoms with Gasteiger partial charge in [-0.25, -0.2) is 8.42 Å². The van der Waals surface area contributed by atoms with E-state index in [9.17, 15) is 18.0 Å². The van der Waals surface area contributed by atoms with Crippen molar-refractivity contribution in [3.05, 3.63) is 95.6 Å². The molecule has 38 heavy (non-hydrogen) atoms. The standard InChI is InChI=1S/C29H35N3O5S/c1-5-27(29(34)30-3)31(19-23-13-11-22(2)12-14-23)28(33)20-32(38(4,35)36)25-15-17-26(18-16-25)37-21-24-9-7-6-8-10-24/h6-18,27H,5,19-21H2,1-4H3,(H,30,34)/t27-/m0/s1. The van der Waals surface area contributed by atoms with Crippen LogP contribution in [0.1, 0.15) is 30.0 Å². The summed E-state index contributed by atoms with van der Waals surface area (Å²) in [7, 11) is -2.29. The zero-order valence-electron chi connectivity index (χ0n) is 22.3. The van der Waals surface area contributed by atoms with Crippen LogP contribution in [0, 0.1) is 6.92 Å². The third-order valence-electron chi connectivity index (χ3n) is 6.16. The minimum atomic E-state index is -3.81. The minimum Gasteiger partial charge on any atom is -0.489 e. The third kappa shape index (κ3) is 7.82. The Morgan fingerprint density at radius 1 is 0.921 bits per heavy atom. The second-order valence-electron chi connectivity index (χ2n) is 9.08. The Labute approximate surface area is 225 Å². The van der Waals surface area contributed by atoms with E-state index in [2.05, 4.69) is 5.32 Å². The zero-order chi connectivity index (χ0) is 27.7. The molecule has 0 aliphatic carbocycles. The molecular weight excluding hydrogens is 502 g/mol. The monoisotopic (exact) mass is 537 g/mol. The van der Waals surface area contributed by atoms with E-state index in [0.29, 0.717) is 24.5 Å². The first-order valence-corrected chi connectivity index (χ1v) is 14.3. The maximum Gasteiger partial charge on any atom is 0.244 e. The molecule has 3 aromatic carbocycles. The van der Waals surface area contributed by atoms with Crippen molar-refractivity contribution in [2.24, 2.45) is 0 Å². The molecule has 9 heteroatoms. The average molecular weight is 538 g/mol. The zero-order valence-corrected chi connectivity index (χ0v) is 23.1. The maximum atomic E-state index is 13.6. The fourth-order valence-electron chi connectivity index (χ4n) is 4.04. The number of carbonyl (C=O) groups is 2. The van der Waals surface area contributed by atoms with Crippen molar-refractivity contribution in [3.8, 4) is 5.75 Å². The number of rotatable bonds is 12. The summed E-state index contributed by atoms with van der Waals surface area (Å²) in [6.45, 7) is 3.89. The number of amides is 2. The van der Waals surface area contributed by atoms with Gasteiger partial charge in [0.25, 0.3) is 0 Å². The van der Waals surface area contributed by atoms with Gasteiger partial charge in [0.1, 0.15) is 24.9 Å². The number of likely N-dealkylation sites (N-methyl/N-ethyl adjacent to an activating group) is 1. The number of nitrogens with one attached hydrogen (secondary N) is 1. The summed E-state index contributed by atoms with van der Waals surface area (Å²) in [4.78, 5) is 27.7. The van der Waals surface area contributed by atoms with Gasteiger partial charge in [-0.05, 0) is 48.7 Å². The molecule has 2 amide bonds. The molecular formula is C29H35N3O5S. The number of carbonyl (C=O) groups excluding carboxylic acids is 2. The lowest BCUT2D eigenvalue weighted by atomic mass is 10.1. The average Bonchev–Trinajstić information content (AvgIpc) is 2.91. The van der Waals surface area contributed by atoms with Gasteiger partial charge in [-0.3, -0.25) is 13.9 Å². The van der Waals surface area contributed by atoms with Crippen molar-refractivity contribution in [1.29, 1.82) is 0 Å². The highest BCUT2D eigenvalue weighted by Crippen LogP contribution is 2.23. The van der Waals surface area contributed by atoms with E-state index in [1.54, 1.807) is 24.3 Å². The van der Waals surface area contributed by atoms with E-state index < -0.39 is 28.5 Å². The molecule has 0 aliphatic heterocycles. The summed E-state index contributed by atoms with van der Waals surface area (Å²) >= 11 is 0. The minimum absolute atomic E-state index is 0.176. The SMILES string of the molecule is CC[C@@H](C(=O)NC)N(Cc1ccc(C)cc1)C(=O)CN(c1ccc(OCc2ccccc2)cc1)S(C)(=O)=O. The summed E-state index contributed by atoms with van der Waals surface area (Å²) in [5.74, 6) is -0.210. The fourth-order valence-corrected chi connectivity index (χ4v) is 4.89. The molecule has 0 heterocycles. The second kappa shape index (κ2) is 13.1. The van der Waals surface area contributed by atoms with Gasteiger partial charge in [0.15, 0.2) is 0 Å². The molecule has 0 fully saturated rings. The highest BCUT2D eigenvalue weighted by Gasteiger charge is 2.31. The van der Waals surface area contributed by atoms with Crippen molar-refractivity contribution >= 4 is 27.5 Å². The molecule has 0 saturated carbocycles. The predicted octanol–water partition coefficient (Wildman–Crippen LogP) is 3.89. The molecule has 0 aliphatic rings. The molecule has 3 rings (SSSR count). The van der Waals surface area contributed by atoms with Gasteiger partial charge >= 0.3 is 0 Å². The van der Waals surface area contributed by atoms with Crippen LogP contribution in [0.2, 0.25) is 0 Å². The number of ether oxygens (including phenoxy) is 1. The molecule has 0 unspecified atom stereocenters. The highest BCUT2D eigenvalue weighted by molar-refractivity contribution is 7.92. The van der Waals surface area contributed by atoms with Crippen LogP contribution in [0.15, 0.2) is 78.9 Å². The molecule has 0 radical (unpaired) electrons. The number of aryl methyl sites for hydroxylation is 1. The number of hydrogen-bond donors (Lipinski definition) is 1. The molecule has 0 bridgehead atoms. The Hall–Kier alpha value is -3.85. The van der Waals surface area contributed by atoms with Gasteiger partial charge in [0, 0.05) is 13.6 Å². The first-order chi connectivity index (χ1) is 18.1. The highest BCUT2D eigenvalue weighted by atomic mass is 32.2. The summed E-state index contributed by atoms with van der Waals surface area (Å²) in [5, 5.41) is 2.61. The molecule has 202 valence electrons. The molecule has 8 nitrogen and oxygen atoms in total. The molecule has 1 atom stereocenters. The maximum absolute atomic E-state index is 13.6. The van der Waals surface area contributed by atoms with Crippen LogP contribution in [0.25, 0.3) is 0 Å². The molecule has 0 saturated heterocycles. The van der Waals surface area contributed by atoms with Crippen molar-refractivity contribution in [2.45, 2.75) is 39.5 Å². The molecule has 1 N–H and O–H groups in total. The Morgan fingerprint density at radius 2 is 1.55 bits per heavy atom. The first kappa shape index (κ1) is 28.7. The molecule has 0 spiro atoms. The first-order valence-electron chi connectivity index (χ1n) is 12.4. The van der Waals surface area contributed by atoms with E-state index in [1.807, 2.05) is 68.4 Å². The van der Waals surface area contributed by atoms with Gasteiger partial charge in [-0.2, -0.15) is 0 Å². The topological polar surface area (TPSA) is 96.0 Å². The number of sulfonamides is 1. The van der Waals surface area contributed by atoms with Crippen LogP contribution in [0.4, 0.5) is 5.69 Å². The lowest BCUT2D eigenvalue weighted by Crippen LogP contribution is -2.51. The summed E-state index contributed by atoms with van der Waals surface area (Å²) in [6.07, 6.45) is 1.43. The van der Waals surface area contributed by atoms with Crippen LogP contribution in [-0.2, 0) is 32.8 Å². The van der Waals surface area contributed by atoms with Gasteiger partial charge in [0.05, 0.1) is 11.9 Å². The summed E-state index contributed by atoms with van der Waals surface area (Å²) < 4.78 is 32.4. The quantitative estimate of drug-likeness (QED) is 0.378. The lowest BCUT2D eigenvalue weighted by Gasteiger charge is -2.32. The van der Waals surface area contributed by atoms with Crippen LogP contribution in [0.3, 0.4) is 0 Å². The smallest absolute Gasteiger partial charge is 0.244 e. The lowest BCUT2D eigenvalue weighted by molar-refractivity contribution is -0.140. The largest absolute Gasteiger partial charge is 0.489 e. The van der Waals surface area contributed by atoms with Crippen LogP contribution < -0.4 is 14.4 Å². The predicted molar refractivity (Wildman–Crippen MR) is 149 cm³/mol. The van der Waals surface area contributed by atoms with Crippen molar-refractivity contribution < 1.29 is 22.7 Å². The van der Waals surface area contributed by atoms with Gasteiger partial charge in [0.2, 0.25) is 21.8 Å². The Morgan fingerprint density at radius 3 is 2.11 bits per heavy atom. The van der Waals surface area contributed by atoms with E-state index in [4.69, 9.17) is 4.74 Å². The van der Waals surface area contributed by atoms with Gasteiger partial charge in [-0.1, -0.05) is 67.1 Å². The third-order valence-corrected chi connectivity index (χ3v) is 7.30. The normalized spacial score (nSPS) is 11.9. The number of anilines is 1. The Kier molecular flexibility index (Phi) is 9.90. The van der Waals surface area contributed by atoms with Crippen LogP contribution in [0.5, 0.6) is 5.75 Å². The number of nitrogens with zero attached hydrogens (tertiary/aromatic N) is 2. The van der Waals surface area contributed by atoms with Crippen molar-refractivity contribution in [2.75, 3.05) is 24.2 Å². The molecule has 0 aromatic heterocycles. The van der Waals surface area contributed by atoms with Crippen molar-refractivity contribution in [3.63, 3.8) is 0 Å².